The summed E-state index contributed by atoms with van der Waals surface area (Å²) in [5, 5.41) is 10.6. The van der Waals surface area contributed by atoms with E-state index in [4.69, 9.17) is 15.2 Å². The van der Waals surface area contributed by atoms with Crippen molar-refractivity contribution in [2.45, 2.75) is 32.5 Å². The van der Waals surface area contributed by atoms with E-state index < -0.39 is 17.7 Å². The first-order valence-corrected chi connectivity index (χ1v) is 13.3. The number of alkyl carbamates (subject to hydrolysis) is 1. The summed E-state index contributed by atoms with van der Waals surface area (Å²) in [5.74, 6) is -1.10. The molecule has 3 atom stereocenters. The standard InChI is InChI=1S/C28H32F2N8O3/c1-4-41-15-17-9-19(29)25(20(30)10-17)22-6-5-18-11-33-27(38(18)36-22)34-23-12-32-8-7-24(23)37-13-16(2)26(21(31)14-37)35-28(39)40-3/h5-12,16,21,26H,4,13-15,31H2,1-3H3,(H,33,34)(H,35,39)/t16-,21+,26-/m0/s1. The topological polar surface area (TPSA) is 132 Å². The molecule has 1 amide bonds. The number of hydrogen-bond acceptors (Lipinski definition) is 9. The minimum atomic E-state index is -0.730. The second-order valence-electron chi connectivity index (χ2n) is 9.93. The molecule has 4 aromatic rings. The number of rotatable bonds is 8. The largest absolute Gasteiger partial charge is 0.453 e. The molecule has 1 fully saturated rings. The molecule has 3 aromatic heterocycles. The number of hydrogen-bond donors (Lipinski definition) is 3. The fourth-order valence-corrected chi connectivity index (χ4v) is 5.12. The maximum Gasteiger partial charge on any atom is 0.407 e. The molecule has 1 aliphatic rings. The molecule has 11 nitrogen and oxygen atoms in total. The Balaban J connectivity index is 1.42. The molecule has 4 N–H and O–H groups in total. The van der Waals surface area contributed by atoms with E-state index in [0.29, 0.717) is 42.4 Å². The van der Waals surface area contributed by atoms with Gasteiger partial charge in [-0.25, -0.2) is 18.6 Å². The highest BCUT2D eigenvalue weighted by Gasteiger charge is 2.34. The van der Waals surface area contributed by atoms with E-state index in [9.17, 15) is 4.79 Å². The first-order valence-electron chi connectivity index (χ1n) is 13.3. The van der Waals surface area contributed by atoms with Gasteiger partial charge in [-0.15, -0.1) is 0 Å². The number of fused-ring (bicyclic) bond motifs is 1. The summed E-state index contributed by atoms with van der Waals surface area (Å²) in [6, 6.07) is 7.02. The Morgan fingerprint density at radius 3 is 2.66 bits per heavy atom. The smallest absolute Gasteiger partial charge is 0.407 e. The van der Waals surface area contributed by atoms with E-state index in [1.54, 1.807) is 30.7 Å². The lowest BCUT2D eigenvalue weighted by atomic mass is 9.90. The Bertz CT molecular complexity index is 1510. The number of benzene rings is 1. The van der Waals surface area contributed by atoms with Gasteiger partial charge in [0.25, 0.3) is 0 Å². The highest BCUT2D eigenvalue weighted by atomic mass is 19.1. The predicted molar refractivity (Wildman–Crippen MR) is 150 cm³/mol. The summed E-state index contributed by atoms with van der Waals surface area (Å²) in [4.78, 5) is 22.6. The summed E-state index contributed by atoms with van der Waals surface area (Å²) in [6.07, 6.45) is 4.42. The van der Waals surface area contributed by atoms with Crippen LogP contribution in [-0.2, 0) is 16.1 Å². The molecule has 0 unspecified atom stereocenters. The number of pyridine rings is 1. The molecule has 1 aromatic carbocycles. The highest BCUT2D eigenvalue weighted by molar-refractivity contribution is 5.74. The maximum atomic E-state index is 15.0. The maximum absolute atomic E-state index is 15.0. The summed E-state index contributed by atoms with van der Waals surface area (Å²) in [7, 11) is 1.32. The molecular formula is C28H32F2N8O3. The van der Waals surface area contributed by atoms with Crippen LogP contribution in [0.1, 0.15) is 19.4 Å². The van der Waals surface area contributed by atoms with Gasteiger partial charge in [-0.1, -0.05) is 6.92 Å². The Morgan fingerprint density at radius 2 is 1.95 bits per heavy atom. The summed E-state index contributed by atoms with van der Waals surface area (Å²) in [5.41, 5.74) is 8.82. The van der Waals surface area contributed by atoms with Crippen molar-refractivity contribution in [3.8, 4) is 11.3 Å². The molecule has 1 aliphatic heterocycles. The van der Waals surface area contributed by atoms with Crippen LogP contribution in [0.5, 0.6) is 0 Å². The van der Waals surface area contributed by atoms with Crippen molar-refractivity contribution < 1.29 is 23.0 Å². The SMILES string of the molecule is CCOCc1cc(F)c(-c2ccc3cnc(Nc4cnccc4N4C[C@@H](N)[C@@H](NC(=O)OC)[C@@H](C)C4)n3n2)c(F)c1. The number of imidazole rings is 1. The average Bonchev–Trinajstić information content (AvgIpc) is 3.35. The quantitative estimate of drug-likeness (QED) is 0.291. The molecule has 13 heteroatoms. The minimum Gasteiger partial charge on any atom is -0.453 e. The van der Waals surface area contributed by atoms with Gasteiger partial charge in [0, 0.05) is 31.9 Å². The lowest BCUT2D eigenvalue weighted by molar-refractivity contribution is 0.133. The molecule has 0 spiro atoms. The molecule has 1 saturated heterocycles. The number of aromatic nitrogens is 4. The van der Waals surface area contributed by atoms with Gasteiger partial charge in [0.05, 0.1) is 60.3 Å². The van der Waals surface area contributed by atoms with Crippen LogP contribution in [0.25, 0.3) is 16.8 Å². The van der Waals surface area contributed by atoms with Gasteiger partial charge in [-0.05, 0) is 48.7 Å². The molecule has 0 saturated carbocycles. The fraction of sp³-hybridized carbons (Fsp3) is 0.357. The molecule has 5 rings (SSSR count). The molecular weight excluding hydrogens is 534 g/mol. The number of ether oxygens (including phenoxy) is 2. The zero-order valence-corrected chi connectivity index (χ0v) is 23.0. The molecule has 0 aliphatic carbocycles. The molecule has 4 heterocycles. The van der Waals surface area contributed by atoms with Crippen molar-refractivity contribution >= 4 is 28.9 Å². The summed E-state index contributed by atoms with van der Waals surface area (Å²) < 4.78 is 41.5. The third-order valence-electron chi connectivity index (χ3n) is 7.08. The van der Waals surface area contributed by atoms with Gasteiger partial charge in [0.1, 0.15) is 11.6 Å². The second kappa shape index (κ2) is 12.0. The molecule has 41 heavy (non-hydrogen) atoms. The first kappa shape index (κ1) is 28.2. The van der Waals surface area contributed by atoms with Crippen LogP contribution in [0.4, 0.5) is 30.9 Å². The summed E-state index contributed by atoms with van der Waals surface area (Å²) in [6.45, 7) is 5.46. The van der Waals surface area contributed by atoms with Gasteiger partial charge in [-0.3, -0.25) is 4.98 Å². The van der Waals surface area contributed by atoms with Gasteiger partial charge in [-0.2, -0.15) is 9.61 Å². The van der Waals surface area contributed by atoms with Gasteiger partial charge in [0.2, 0.25) is 5.95 Å². The minimum absolute atomic E-state index is 0.0278. The van der Waals surface area contributed by atoms with E-state index in [1.807, 2.05) is 19.9 Å². The number of halogens is 2. The lowest BCUT2D eigenvalue weighted by Gasteiger charge is -2.42. The molecule has 0 bridgehead atoms. The normalized spacial score (nSPS) is 18.9. The highest BCUT2D eigenvalue weighted by Crippen LogP contribution is 2.32. The van der Waals surface area contributed by atoms with Crippen LogP contribution >= 0.6 is 0 Å². The van der Waals surface area contributed by atoms with Crippen LogP contribution in [0, 0.1) is 17.6 Å². The predicted octanol–water partition coefficient (Wildman–Crippen LogP) is 3.86. The average molecular weight is 567 g/mol. The van der Waals surface area contributed by atoms with Crippen LogP contribution in [0.2, 0.25) is 0 Å². The van der Waals surface area contributed by atoms with E-state index in [0.717, 1.165) is 5.69 Å². The zero-order chi connectivity index (χ0) is 29.1. The number of methoxy groups -OCH3 is 1. The monoisotopic (exact) mass is 566 g/mol. The third-order valence-corrected chi connectivity index (χ3v) is 7.08. The number of nitrogens with zero attached hydrogens (tertiary/aromatic N) is 5. The Morgan fingerprint density at radius 1 is 1.17 bits per heavy atom. The van der Waals surface area contributed by atoms with Crippen molar-refractivity contribution in [2.24, 2.45) is 11.7 Å². The Hall–Kier alpha value is -4.36. The Kier molecular flexibility index (Phi) is 8.26. The molecule has 216 valence electrons. The van der Waals surface area contributed by atoms with Gasteiger partial charge < -0.3 is 30.7 Å². The number of anilines is 3. The molecule has 0 radical (unpaired) electrons. The number of carbonyl (C=O) groups excluding carboxylic acids is 1. The van der Waals surface area contributed by atoms with Crippen LogP contribution < -0.4 is 21.3 Å². The Labute approximate surface area is 235 Å². The van der Waals surface area contributed by atoms with Crippen molar-refractivity contribution in [3.63, 3.8) is 0 Å². The van der Waals surface area contributed by atoms with E-state index in [2.05, 4.69) is 30.6 Å². The van der Waals surface area contributed by atoms with E-state index in [1.165, 1.54) is 23.8 Å². The van der Waals surface area contributed by atoms with Crippen molar-refractivity contribution in [1.29, 1.82) is 0 Å². The third kappa shape index (κ3) is 5.91. The van der Waals surface area contributed by atoms with Crippen LogP contribution in [-0.4, -0.2) is 64.6 Å². The zero-order valence-electron chi connectivity index (χ0n) is 23.0. The number of nitrogens with two attached hydrogens (primary N) is 1. The lowest BCUT2D eigenvalue weighted by Crippen LogP contribution is -2.62. The summed E-state index contributed by atoms with van der Waals surface area (Å²) >= 11 is 0. The fourth-order valence-electron chi connectivity index (χ4n) is 5.12. The van der Waals surface area contributed by atoms with E-state index >= 15 is 8.78 Å². The van der Waals surface area contributed by atoms with Gasteiger partial charge >= 0.3 is 6.09 Å². The number of carbonyl (C=O) groups is 1. The van der Waals surface area contributed by atoms with Gasteiger partial charge in [0.15, 0.2) is 0 Å². The number of piperidine rings is 1. The van der Waals surface area contributed by atoms with Crippen molar-refractivity contribution in [1.82, 2.24) is 24.9 Å². The first-order chi connectivity index (χ1) is 19.8. The van der Waals surface area contributed by atoms with Crippen molar-refractivity contribution in [3.05, 3.63) is 66.1 Å². The second-order valence-corrected chi connectivity index (χ2v) is 9.93. The van der Waals surface area contributed by atoms with Crippen LogP contribution in [0.3, 0.4) is 0 Å². The van der Waals surface area contributed by atoms with E-state index in [-0.39, 0.29) is 35.9 Å². The number of nitrogens with one attached hydrogen (secondary N) is 2. The number of amides is 1. The van der Waals surface area contributed by atoms with Crippen molar-refractivity contribution in [2.75, 3.05) is 37.0 Å². The van der Waals surface area contributed by atoms with Crippen LogP contribution in [0.15, 0.2) is 48.9 Å².